The van der Waals surface area contributed by atoms with Crippen LogP contribution in [0.1, 0.15) is 70.4 Å². The van der Waals surface area contributed by atoms with Crippen molar-refractivity contribution in [3.8, 4) is 0 Å². The Morgan fingerprint density at radius 2 is 1.45 bits per heavy atom. The second kappa shape index (κ2) is 11.2. The zero-order chi connectivity index (χ0) is 28.7. The normalized spacial score (nSPS) is 26.0. The average Bonchev–Trinajstić information content (AvgIpc) is 2.89. The molecule has 4 saturated carbocycles. The van der Waals surface area contributed by atoms with E-state index >= 15 is 0 Å². The van der Waals surface area contributed by atoms with E-state index in [-0.39, 0.29) is 30.5 Å². The standard InChI is InChI=1S/C32H43N3O4S/c1-22(2)33-31(37)23(3)34(20-24-8-6-5-7-9-24)30(36)21-35(40(4,38)39)29-12-10-28(11-13-29)32-17-25-14-26(18-32)16-27(15-25)19-32/h5-13,22-23,25-27H,14-21H2,1-4H3,(H,33,37)/t23-,25?,26?,27?,32?/m0/s1. The molecule has 2 aromatic rings. The molecule has 6 rings (SSSR count). The molecule has 8 heteroatoms. The fourth-order valence-corrected chi connectivity index (χ4v) is 8.68. The lowest BCUT2D eigenvalue weighted by Gasteiger charge is -2.57. The fraction of sp³-hybridized carbons (Fsp3) is 0.562. The summed E-state index contributed by atoms with van der Waals surface area (Å²) in [4.78, 5) is 28.1. The van der Waals surface area contributed by atoms with Crippen molar-refractivity contribution < 1.29 is 18.0 Å². The number of anilines is 1. The van der Waals surface area contributed by atoms with Crippen LogP contribution in [0, 0.1) is 17.8 Å². The second-order valence-electron chi connectivity index (χ2n) is 12.9. The van der Waals surface area contributed by atoms with Crippen LogP contribution in [0.4, 0.5) is 5.69 Å². The van der Waals surface area contributed by atoms with Gasteiger partial charge in [-0.15, -0.1) is 0 Å². The van der Waals surface area contributed by atoms with Crippen LogP contribution in [0.2, 0.25) is 0 Å². The quantitative estimate of drug-likeness (QED) is 0.446. The van der Waals surface area contributed by atoms with Crippen molar-refractivity contribution in [3.63, 3.8) is 0 Å². The van der Waals surface area contributed by atoms with Gasteiger partial charge < -0.3 is 10.2 Å². The lowest BCUT2D eigenvalue weighted by molar-refractivity contribution is -0.139. The molecule has 0 unspecified atom stereocenters. The molecule has 0 saturated heterocycles. The maximum absolute atomic E-state index is 13.7. The first-order chi connectivity index (χ1) is 18.9. The van der Waals surface area contributed by atoms with Gasteiger partial charge >= 0.3 is 0 Å². The third-order valence-electron chi connectivity index (χ3n) is 9.28. The molecule has 4 aliphatic rings. The second-order valence-corrected chi connectivity index (χ2v) is 14.8. The summed E-state index contributed by atoms with van der Waals surface area (Å²) < 4.78 is 27.1. The van der Waals surface area contributed by atoms with E-state index in [9.17, 15) is 18.0 Å². The van der Waals surface area contributed by atoms with Crippen molar-refractivity contribution in [1.29, 1.82) is 0 Å². The molecule has 0 spiro atoms. The smallest absolute Gasteiger partial charge is 0.244 e. The molecule has 40 heavy (non-hydrogen) atoms. The number of nitrogens with zero attached hydrogens (tertiary/aromatic N) is 2. The van der Waals surface area contributed by atoms with E-state index in [1.807, 2.05) is 56.3 Å². The molecule has 4 fully saturated rings. The minimum Gasteiger partial charge on any atom is -0.352 e. The highest BCUT2D eigenvalue weighted by molar-refractivity contribution is 7.92. The molecule has 0 aliphatic heterocycles. The van der Waals surface area contributed by atoms with Gasteiger partial charge in [-0.05, 0) is 106 Å². The third-order valence-corrected chi connectivity index (χ3v) is 10.4. The number of hydrogen-bond acceptors (Lipinski definition) is 4. The van der Waals surface area contributed by atoms with Gasteiger partial charge in [0, 0.05) is 12.6 Å². The Kier molecular flexibility index (Phi) is 8.01. The fourth-order valence-electron chi connectivity index (χ4n) is 7.83. The van der Waals surface area contributed by atoms with Crippen molar-refractivity contribution in [1.82, 2.24) is 10.2 Å². The van der Waals surface area contributed by atoms with E-state index in [0.29, 0.717) is 5.69 Å². The van der Waals surface area contributed by atoms with Crippen LogP contribution >= 0.6 is 0 Å². The van der Waals surface area contributed by atoms with E-state index in [2.05, 4.69) is 17.4 Å². The van der Waals surface area contributed by atoms with E-state index in [4.69, 9.17) is 0 Å². The molecule has 1 atom stereocenters. The summed E-state index contributed by atoms with van der Waals surface area (Å²) in [5.41, 5.74) is 2.86. The number of sulfonamides is 1. The lowest BCUT2D eigenvalue weighted by Crippen LogP contribution is -2.52. The number of nitrogens with one attached hydrogen (secondary N) is 1. The number of carbonyl (C=O) groups is 2. The van der Waals surface area contributed by atoms with Crippen molar-refractivity contribution in [2.75, 3.05) is 17.1 Å². The van der Waals surface area contributed by atoms with Crippen LogP contribution in [0.15, 0.2) is 54.6 Å². The minimum atomic E-state index is -3.76. The Morgan fingerprint density at radius 3 is 1.95 bits per heavy atom. The first-order valence-corrected chi connectivity index (χ1v) is 16.5. The molecule has 2 amide bonds. The van der Waals surface area contributed by atoms with Gasteiger partial charge in [0.05, 0.1) is 11.9 Å². The van der Waals surface area contributed by atoms with Crippen LogP contribution in [0.3, 0.4) is 0 Å². The predicted molar refractivity (Wildman–Crippen MR) is 158 cm³/mol. The summed E-state index contributed by atoms with van der Waals surface area (Å²) in [7, 11) is -3.76. The van der Waals surface area contributed by atoms with Crippen molar-refractivity contribution in [2.24, 2.45) is 17.8 Å². The van der Waals surface area contributed by atoms with E-state index in [0.717, 1.165) is 29.6 Å². The van der Waals surface area contributed by atoms with Crippen LogP contribution in [0.25, 0.3) is 0 Å². The average molecular weight is 566 g/mol. The number of hydrogen-bond donors (Lipinski definition) is 1. The van der Waals surface area contributed by atoms with Crippen LogP contribution in [-0.2, 0) is 31.6 Å². The topological polar surface area (TPSA) is 86.8 Å². The van der Waals surface area contributed by atoms with E-state index < -0.39 is 22.0 Å². The first-order valence-electron chi connectivity index (χ1n) is 14.7. The minimum absolute atomic E-state index is 0.0800. The zero-order valence-electron chi connectivity index (χ0n) is 24.2. The first kappa shape index (κ1) is 28.7. The van der Waals surface area contributed by atoms with Crippen molar-refractivity contribution >= 4 is 27.5 Å². The number of benzene rings is 2. The molecule has 7 nitrogen and oxygen atoms in total. The van der Waals surface area contributed by atoms with Crippen LogP contribution in [-0.4, -0.2) is 50.0 Å². The molecule has 4 bridgehead atoms. The zero-order valence-corrected chi connectivity index (χ0v) is 25.0. The Bertz CT molecular complexity index is 1290. The molecule has 0 radical (unpaired) electrons. The molecule has 1 N–H and O–H groups in total. The van der Waals surface area contributed by atoms with Gasteiger partial charge in [0.15, 0.2) is 0 Å². The van der Waals surface area contributed by atoms with Gasteiger partial charge in [0.1, 0.15) is 12.6 Å². The Morgan fingerprint density at radius 1 is 0.900 bits per heavy atom. The van der Waals surface area contributed by atoms with Gasteiger partial charge in [-0.1, -0.05) is 42.5 Å². The summed E-state index contributed by atoms with van der Waals surface area (Å²) in [5.74, 6) is 1.76. The number of rotatable bonds is 10. The van der Waals surface area contributed by atoms with Gasteiger partial charge in [0.25, 0.3) is 0 Å². The van der Waals surface area contributed by atoms with Crippen LogP contribution in [0.5, 0.6) is 0 Å². The Hall–Kier alpha value is -2.87. The molecule has 4 aliphatic carbocycles. The molecular formula is C32H43N3O4S. The summed E-state index contributed by atoms with van der Waals surface area (Å²) >= 11 is 0. The van der Waals surface area contributed by atoms with E-state index in [1.165, 1.54) is 53.3 Å². The molecule has 0 aromatic heterocycles. The Balaban J connectivity index is 1.38. The van der Waals surface area contributed by atoms with Crippen molar-refractivity contribution in [3.05, 3.63) is 65.7 Å². The highest BCUT2D eigenvalue weighted by atomic mass is 32.2. The van der Waals surface area contributed by atoms with Crippen LogP contribution < -0.4 is 9.62 Å². The van der Waals surface area contributed by atoms with Gasteiger partial charge in [0.2, 0.25) is 21.8 Å². The molecule has 216 valence electrons. The lowest BCUT2D eigenvalue weighted by atomic mass is 9.48. The Labute approximate surface area is 239 Å². The third kappa shape index (κ3) is 6.07. The largest absolute Gasteiger partial charge is 0.352 e. The monoisotopic (exact) mass is 565 g/mol. The van der Waals surface area contributed by atoms with E-state index in [1.54, 1.807) is 6.92 Å². The summed E-state index contributed by atoms with van der Waals surface area (Å²) in [5, 5.41) is 2.87. The maximum atomic E-state index is 13.7. The van der Waals surface area contributed by atoms with Crippen molar-refractivity contribution in [2.45, 2.75) is 83.3 Å². The predicted octanol–water partition coefficient (Wildman–Crippen LogP) is 4.86. The highest BCUT2D eigenvalue weighted by Gasteiger charge is 2.51. The number of amides is 2. The van der Waals surface area contributed by atoms with Gasteiger partial charge in [-0.3, -0.25) is 13.9 Å². The van der Waals surface area contributed by atoms with Gasteiger partial charge in [-0.25, -0.2) is 8.42 Å². The maximum Gasteiger partial charge on any atom is 0.244 e. The summed E-state index contributed by atoms with van der Waals surface area (Å²) in [6.45, 7) is 5.25. The number of carbonyl (C=O) groups excluding carboxylic acids is 2. The van der Waals surface area contributed by atoms with Gasteiger partial charge in [-0.2, -0.15) is 0 Å². The summed E-state index contributed by atoms with van der Waals surface area (Å²) in [6, 6.07) is 16.5. The SMILES string of the molecule is CC(C)NC(=O)[C@H](C)N(Cc1ccccc1)C(=O)CN(c1ccc(C23CC4CC(CC(C4)C2)C3)cc1)S(C)(=O)=O. The molecular weight excluding hydrogens is 522 g/mol. The molecule has 0 heterocycles. The highest BCUT2D eigenvalue weighted by Crippen LogP contribution is 2.60. The molecule has 2 aromatic carbocycles. The summed E-state index contributed by atoms with van der Waals surface area (Å²) in [6.07, 6.45) is 8.94.